The first-order chi connectivity index (χ1) is 18.1. The summed E-state index contributed by atoms with van der Waals surface area (Å²) < 4.78 is 68.5. The van der Waals surface area contributed by atoms with Crippen LogP contribution in [0.2, 0.25) is 0 Å². The lowest BCUT2D eigenvalue weighted by molar-refractivity contribution is -0.151. The Kier molecular flexibility index (Phi) is 8.45. The van der Waals surface area contributed by atoms with Crippen molar-refractivity contribution in [2.45, 2.75) is 60.7 Å². The van der Waals surface area contributed by atoms with Crippen molar-refractivity contribution >= 4 is 22.5 Å². The normalized spacial score (nSPS) is 20.3. The molecule has 0 aliphatic carbocycles. The first kappa shape index (κ1) is 27.7. The van der Waals surface area contributed by atoms with Crippen LogP contribution < -0.4 is 9.64 Å². The number of hydrogen-bond donors (Lipinski definition) is 0. The van der Waals surface area contributed by atoms with Crippen LogP contribution in [0.5, 0.6) is 5.75 Å². The minimum atomic E-state index is -4.63. The Morgan fingerprint density at radius 1 is 1.03 bits per heavy atom. The number of carbonyl (C=O) groups excluding carboxylic acids is 1. The average molecular weight is 546 g/mol. The molecule has 202 valence electrons. The van der Waals surface area contributed by atoms with Crippen molar-refractivity contribution in [1.29, 1.82) is 0 Å². The maximum Gasteiger partial charge on any atom is 0.409 e. The Labute approximate surface area is 223 Å². The second-order valence-electron chi connectivity index (χ2n) is 9.22. The van der Waals surface area contributed by atoms with E-state index in [9.17, 15) is 22.2 Å². The van der Waals surface area contributed by atoms with Crippen LogP contribution in [0.1, 0.15) is 36.8 Å². The van der Waals surface area contributed by atoms with Gasteiger partial charge in [-0.05, 0) is 68.3 Å². The maximum absolute atomic E-state index is 14.9. The summed E-state index contributed by atoms with van der Waals surface area (Å²) in [6, 6.07) is 17.3. The average Bonchev–Trinajstić information content (AvgIpc) is 3.28. The van der Waals surface area contributed by atoms with Crippen LogP contribution >= 0.6 is 0 Å². The lowest BCUT2D eigenvalue weighted by atomic mass is 9.89. The molecule has 0 spiro atoms. The van der Waals surface area contributed by atoms with Gasteiger partial charge in [0, 0.05) is 27.4 Å². The van der Waals surface area contributed by atoms with E-state index in [0.717, 1.165) is 5.56 Å². The van der Waals surface area contributed by atoms with Gasteiger partial charge in [0.25, 0.3) is 0 Å². The molecule has 1 saturated heterocycles. The molecule has 0 saturated carbocycles. The number of carbonyl (C=O) groups is 1. The van der Waals surface area contributed by atoms with E-state index in [1.165, 1.54) is 12.0 Å². The third kappa shape index (κ3) is 5.88. The summed E-state index contributed by atoms with van der Waals surface area (Å²) in [5.74, 6) is -1.11. The minimum Gasteiger partial charge on any atom is -0.497 e. The van der Waals surface area contributed by atoms with Crippen molar-refractivity contribution in [3.05, 3.63) is 83.9 Å². The van der Waals surface area contributed by atoms with Crippen LogP contribution in [0.15, 0.2) is 82.6 Å². The van der Waals surface area contributed by atoms with Crippen molar-refractivity contribution in [2.24, 2.45) is 0 Å². The molecular weight excluding hydrogens is 515 g/mol. The molecule has 38 heavy (non-hydrogen) atoms. The molecule has 3 aromatic rings. The van der Waals surface area contributed by atoms with E-state index >= 15 is 0 Å². The van der Waals surface area contributed by atoms with E-state index in [2.05, 4.69) is 0 Å². The molecule has 0 N–H and O–H groups in total. The molecule has 4 rings (SSSR count). The molecular formula is C29H30F3NO4S. The summed E-state index contributed by atoms with van der Waals surface area (Å²) in [7, 11) is -0.203. The van der Waals surface area contributed by atoms with Crippen molar-refractivity contribution in [1.82, 2.24) is 0 Å². The summed E-state index contributed by atoms with van der Waals surface area (Å²) >= 11 is 0. The predicted octanol–water partition coefficient (Wildman–Crippen LogP) is 6.42. The van der Waals surface area contributed by atoms with Gasteiger partial charge in [-0.3, -0.25) is 4.79 Å². The van der Waals surface area contributed by atoms with E-state index in [0.29, 0.717) is 26.8 Å². The van der Waals surface area contributed by atoms with Crippen molar-refractivity contribution < 1.29 is 31.6 Å². The van der Waals surface area contributed by atoms with Crippen LogP contribution in [-0.2, 0) is 20.3 Å². The predicted molar refractivity (Wildman–Crippen MR) is 140 cm³/mol. The molecule has 0 aromatic heterocycles. The fourth-order valence-corrected chi connectivity index (χ4v) is 6.38. The number of benzene rings is 3. The van der Waals surface area contributed by atoms with Gasteiger partial charge in [0.1, 0.15) is 11.8 Å². The molecule has 1 aliphatic rings. The highest BCUT2D eigenvalue weighted by atomic mass is 32.2. The molecule has 1 fully saturated rings. The number of nitrogens with zero attached hydrogens (tertiary/aromatic N) is 1. The summed E-state index contributed by atoms with van der Waals surface area (Å²) in [4.78, 5) is 14.6. The monoisotopic (exact) mass is 545 g/mol. The van der Waals surface area contributed by atoms with Gasteiger partial charge in [0.05, 0.1) is 30.9 Å². The van der Waals surface area contributed by atoms with Crippen LogP contribution in [0.4, 0.5) is 18.9 Å². The summed E-state index contributed by atoms with van der Waals surface area (Å²) in [5.41, 5.74) is 1.67. The number of halogens is 3. The van der Waals surface area contributed by atoms with Crippen LogP contribution in [0.25, 0.3) is 0 Å². The van der Waals surface area contributed by atoms with E-state index in [1.807, 2.05) is 19.1 Å². The van der Waals surface area contributed by atoms with Gasteiger partial charge < -0.3 is 14.4 Å². The van der Waals surface area contributed by atoms with Gasteiger partial charge in [-0.2, -0.15) is 13.2 Å². The number of hydrogen-bond acceptors (Lipinski definition) is 5. The standard InChI is InChI=1S/C29H30F3NO4S/c1-4-37-27(34)18-21-17-25(28(29(30,31)32)33(21)20-11-13-22(36-3)14-12-20)24-7-5-6-8-26(24)38(35)23-15-9-19(2)10-16-23/h5-16,21,25,28H,4,17-18H2,1-3H3/t21-,25-,28-,38?/m0/s1. The zero-order valence-electron chi connectivity index (χ0n) is 21.4. The maximum atomic E-state index is 14.9. The highest BCUT2D eigenvalue weighted by Gasteiger charge is 2.56. The minimum absolute atomic E-state index is 0.0388. The Balaban J connectivity index is 1.81. The van der Waals surface area contributed by atoms with Gasteiger partial charge in [-0.15, -0.1) is 0 Å². The van der Waals surface area contributed by atoms with Gasteiger partial charge >= 0.3 is 12.1 Å². The summed E-state index contributed by atoms with van der Waals surface area (Å²) in [6.45, 7) is 3.70. The molecule has 0 amide bonds. The number of ether oxygens (including phenoxy) is 2. The molecule has 0 bridgehead atoms. The SMILES string of the molecule is CCOC(=O)C[C@@H]1C[C@@H](c2ccccc2S(=O)c2ccc(C)cc2)[C@@H](C(F)(F)F)N1c1ccc(OC)cc1. The van der Waals surface area contributed by atoms with Gasteiger partial charge in [0.15, 0.2) is 0 Å². The Morgan fingerprint density at radius 2 is 1.68 bits per heavy atom. The molecule has 4 atom stereocenters. The Hall–Kier alpha value is -3.33. The van der Waals surface area contributed by atoms with E-state index < -0.39 is 40.9 Å². The molecule has 1 unspecified atom stereocenters. The number of aryl methyl sites for hydroxylation is 1. The van der Waals surface area contributed by atoms with Gasteiger partial charge in [-0.25, -0.2) is 4.21 Å². The number of methoxy groups -OCH3 is 1. The van der Waals surface area contributed by atoms with E-state index in [-0.39, 0.29) is 19.4 Å². The van der Waals surface area contributed by atoms with E-state index in [4.69, 9.17) is 9.47 Å². The topological polar surface area (TPSA) is 55.8 Å². The molecule has 1 heterocycles. The second kappa shape index (κ2) is 11.6. The van der Waals surface area contributed by atoms with Crippen LogP contribution in [0.3, 0.4) is 0 Å². The molecule has 9 heteroatoms. The Bertz CT molecular complexity index is 1280. The summed E-state index contributed by atoms with van der Waals surface area (Å²) in [6.07, 6.45) is -4.80. The van der Waals surface area contributed by atoms with Crippen molar-refractivity contribution in [3.63, 3.8) is 0 Å². The number of esters is 1. The zero-order chi connectivity index (χ0) is 27.4. The second-order valence-corrected chi connectivity index (χ2v) is 10.7. The first-order valence-corrected chi connectivity index (χ1v) is 13.5. The van der Waals surface area contributed by atoms with E-state index in [1.54, 1.807) is 67.6 Å². The zero-order valence-corrected chi connectivity index (χ0v) is 22.2. The number of anilines is 1. The quantitative estimate of drug-likeness (QED) is 0.306. The third-order valence-electron chi connectivity index (χ3n) is 6.77. The number of alkyl halides is 3. The lowest BCUT2D eigenvalue weighted by Gasteiger charge is -2.35. The highest BCUT2D eigenvalue weighted by molar-refractivity contribution is 7.85. The molecule has 3 aromatic carbocycles. The van der Waals surface area contributed by atoms with Gasteiger partial charge in [0.2, 0.25) is 0 Å². The third-order valence-corrected chi connectivity index (χ3v) is 8.24. The first-order valence-electron chi connectivity index (χ1n) is 12.4. The van der Waals surface area contributed by atoms with Crippen molar-refractivity contribution in [3.8, 4) is 5.75 Å². The molecule has 0 radical (unpaired) electrons. The fourth-order valence-electron chi connectivity index (χ4n) is 5.10. The highest BCUT2D eigenvalue weighted by Crippen LogP contribution is 2.49. The number of rotatable bonds is 8. The van der Waals surface area contributed by atoms with Crippen LogP contribution in [0, 0.1) is 6.92 Å². The summed E-state index contributed by atoms with van der Waals surface area (Å²) in [5, 5.41) is 0. The fraction of sp³-hybridized carbons (Fsp3) is 0.345. The lowest BCUT2D eigenvalue weighted by Crippen LogP contribution is -2.47. The van der Waals surface area contributed by atoms with Gasteiger partial charge in [-0.1, -0.05) is 35.9 Å². The largest absolute Gasteiger partial charge is 0.497 e. The smallest absolute Gasteiger partial charge is 0.409 e. The van der Waals surface area contributed by atoms with Crippen LogP contribution in [-0.4, -0.2) is 42.2 Å². The molecule has 5 nitrogen and oxygen atoms in total. The Morgan fingerprint density at radius 3 is 2.29 bits per heavy atom. The molecule has 1 aliphatic heterocycles. The van der Waals surface area contributed by atoms with Crippen molar-refractivity contribution in [2.75, 3.05) is 18.6 Å².